The van der Waals surface area contributed by atoms with Gasteiger partial charge in [0, 0.05) is 37.8 Å². The van der Waals surface area contributed by atoms with E-state index in [0.29, 0.717) is 13.1 Å². The number of sulfonamides is 1. The lowest BCUT2D eigenvalue weighted by Crippen LogP contribution is -2.29. The second-order valence-corrected chi connectivity index (χ2v) is 6.37. The molecule has 7 heteroatoms. The Labute approximate surface area is 106 Å². The van der Waals surface area contributed by atoms with Gasteiger partial charge in [0.1, 0.15) is 0 Å². The fourth-order valence-electron chi connectivity index (χ4n) is 2.29. The number of carbonyl (C=O) groups excluding carboxylic acids is 1. The Morgan fingerprint density at radius 3 is 2.89 bits per heavy atom. The van der Waals surface area contributed by atoms with Crippen LogP contribution < -0.4 is 5.14 Å². The van der Waals surface area contributed by atoms with E-state index in [1.54, 1.807) is 4.90 Å². The summed E-state index contributed by atoms with van der Waals surface area (Å²) < 4.78 is 22.0. The maximum atomic E-state index is 11.7. The van der Waals surface area contributed by atoms with E-state index in [4.69, 9.17) is 5.14 Å². The van der Waals surface area contributed by atoms with Crippen molar-refractivity contribution in [3.05, 3.63) is 24.0 Å². The third-order valence-electron chi connectivity index (χ3n) is 3.10. The molecule has 1 saturated heterocycles. The van der Waals surface area contributed by atoms with Gasteiger partial charge in [-0.05, 0) is 18.1 Å². The van der Waals surface area contributed by atoms with Gasteiger partial charge in [0.25, 0.3) is 0 Å². The van der Waals surface area contributed by atoms with Crippen LogP contribution in [0, 0.1) is 5.92 Å². The average molecular weight is 271 g/mol. The standard InChI is InChI=1S/C11H17N3O3S/c12-18(16,17)8-10-5-11(15)14(7-10)4-2-9-1-3-13-6-9/h1,3,6,10,13H,2,4-5,7-8H2,(H2,12,16,17). The molecule has 0 radical (unpaired) electrons. The van der Waals surface area contributed by atoms with Crippen LogP contribution in [-0.4, -0.2) is 43.1 Å². The molecule has 1 aliphatic rings. The molecule has 1 fully saturated rings. The smallest absolute Gasteiger partial charge is 0.222 e. The molecule has 0 saturated carbocycles. The Morgan fingerprint density at radius 2 is 2.28 bits per heavy atom. The highest BCUT2D eigenvalue weighted by molar-refractivity contribution is 7.89. The van der Waals surface area contributed by atoms with Gasteiger partial charge in [0.05, 0.1) is 5.75 Å². The quantitative estimate of drug-likeness (QED) is 0.769. The first-order chi connectivity index (χ1) is 8.44. The minimum atomic E-state index is -3.50. The molecule has 2 heterocycles. The van der Waals surface area contributed by atoms with E-state index in [9.17, 15) is 13.2 Å². The topological polar surface area (TPSA) is 96.3 Å². The molecule has 2 rings (SSSR count). The van der Waals surface area contributed by atoms with Crippen molar-refractivity contribution >= 4 is 15.9 Å². The van der Waals surface area contributed by atoms with Crippen molar-refractivity contribution in [3.8, 4) is 0 Å². The van der Waals surface area contributed by atoms with Crippen LogP contribution in [0.5, 0.6) is 0 Å². The minimum Gasteiger partial charge on any atom is -0.367 e. The molecule has 1 atom stereocenters. The summed E-state index contributed by atoms with van der Waals surface area (Å²) >= 11 is 0. The van der Waals surface area contributed by atoms with Crippen molar-refractivity contribution in [2.45, 2.75) is 12.8 Å². The number of nitrogens with one attached hydrogen (secondary N) is 1. The lowest BCUT2D eigenvalue weighted by molar-refractivity contribution is -0.127. The molecular formula is C11H17N3O3S. The number of primary sulfonamides is 1. The lowest BCUT2D eigenvalue weighted by Gasteiger charge is -2.15. The Balaban J connectivity index is 1.86. The zero-order valence-corrected chi connectivity index (χ0v) is 10.8. The van der Waals surface area contributed by atoms with Crippen LogP contribution in [0.4, 0.5) is 0 Å². The van der Waals surface area contributed by atoms with E-state index in [1.807, 2.05) is 18.5 Å². The molecule has 1 aromatic heterocycles. The van der Waals surface area contributed by atoms with Gasteiger partial charge in [-0.15, -0.1) is 0 Å². The van der Waals surface area contributed by atoms with Crippen molar-refractivity contribution in [1.29, 1.82) is 0 Å². The van der Waals surface area contributed by atoms with Gasteiger partial charge in [-0.1, -0.05) is 0 Å². The van der Waals surface area contributed by atoms with Gasteiger partial charge >= 0.3 is 0 Å². The SMILES string of the molecule is NS(=O)(=O)CC1CC(=O)N(CCc2cc[nH]c2)C1. The first-order valence-electron chi connectivity index (χ1n) is 5.84. The molecule has 100 valence electrons. The highest BCUT2D eigenvalue weighted by atomic mass is 32.2. The van der Waals surface area contributed by atoms with Crippen LogP contribution in [0.25, 0.3) is 0 Å². The van der Waals surface area contributed by atoms with Gasteiger partial charge in [-0.3, -0.25) is 4.79 Å². The zero-order valence-electron chi connectivity index (χ0n) is 10.0. The molecule has 0 spiro atoms. The van der Waals surface area contributed by atoms with Gasteiger partial charge in [0.2, 0.25) is 15.9 Å². The van der Waals surface area contributed by atoms with Gasteiger partial charge in [-0.25, -0.2) is 13.6 Å². The largest absolute Gasteiger partial charge is 0.367 e. The number of H-pyrrole nitrogens is 1. The number of likely N-dealkylation sites (tertiary alicyclic amines) is 1. The van der Waals surface area contributed by atoms with E-state index in [2.05, 4.69) is 4.98 Å². The van der Waals surface area contributed by atoms with Gasteiger partial charge in [-0.2, -0.15) is 0 Å². The number of hydrogen-bond acceptors (Lipinski definition) is 3. The summed E-state index contributed by atoms with van der Waals surface area (Å²) in [6.07, 6.45) is 4.79. The third-order valence-corrected chi connectivity index (χ3v) is 4.03. The molecular weight excluding hydrogens is 254 g/mol. The van der Waals surface area contributed by atoms with Crippen molar-refractivity contribution in [1.82, 2.24) is 9.88 Å². The molecule has 6 nitrogen and oxygen atoms in total. The molecule has 0 bridgehead atoms. The summed E-state index contributed by atoms with van der Waals surface area (Å²) in [5.74, 6) is -0.266. The summed E-state index contributed by atoms with van der Waals surface area (Å²) in [7, 11) is -3.50. The van der Waals surface area contributed by atoms with Crippen LogP contribution in [0.3, 0.4) is 0 Å². The van der Waals surface area contributed by atoms with Crippen LogP contribution >= 0.6 is 0 Å². The Kier molecular flexibility index (Phi) is 3.72. The predicted molar refractivity (Wildman–Crippen MR) is 67.2 cm³/mol. The number of aromatic nitrogens is 1. The maximum absolute atomic E-state index is 11.7. The summed E-state index contributed by atoms with van der Waals surface area (Å²) in [5, 5.41) is 5.00. The normalized spacial score (nSPS) is 20.6. The van der Waals surface area contributed by atoms with Gasteiger partial charge < -0.3 is 9.88 Å². The zero-order chi connectivity index (χ0) is 13.2. The second-order valence-electron chi connectivity index (χ2n) is 4.71. The van der Waals surface area contributed by atoms with Crippen LogP contribution in [-0.2, 0) is 21.2 Å². The van der Waals surface area contributed by atoms with Crippen molar-refractivity contribution in [2.24, 2.45) is 11.1 Å². The highest BCUT2D eigenvalue weighted by Gasteiger charge is 2.31. The minimum absolute atomic E-state index is 0.0131. The van der Waals surface area contributed by atoms with Crippen LogP contribution in [0.15, 0.2) is 18.5 Å². The molecule has 1 amide bonds. The van der Waals surface area contributed by atoms with Crippen molar-refractivity contribution in [3.63, 3.8) is 0 Å². The summed E-state index contributed by atoms with van der Waals surface area (Å²) in [6, 6.07) is 1.96. The van der Waals surface area contributed by atoms with Crippen LogP contribution in [0.1, 0.15) is 12.0 Å². The summed E-state index contributed by atoms with van der Waals surface area (Å²) in [5.41, 5.74) is 1.14. The predicted octanol–water partition coefficient (Wildman–Crippen LogP) is -0.306. The Hall–Kier alpha value is -1.34. The molecule has 1 unspecified atom stereocenters. The monoisotopic (exact) mass is 271 g/mol. The highest BCUT2D eigenvalue weighted by Crippen LogP contribution is 2.19. The van der Waals surface area contributed by atoms with E-state index < -0.39 is 10.0 Å². The van der Waals surface area contributed by atoms with Gasteiger partial charge in [0.15, 0.2) is 0 Å². The summed E-state index contributed by atoms with van der Waals surface area (Å²) in [4.78, 5) is 16.4. The maximum Gasteiger partial charge on any atom is 0.222 e. The number of amides is 1. The Bertz CT molecular complexity index is 510. The number of nitrogens with zero attached hydrogens (tertiary/aromatic N) is 1. The molecule has 0 aromatic carbocycles. The second kappa shape index (κ2) is 5.11. The first kappa shape index (κ1) is 13.1. The Morgan fingerprint density at radius 1 is 1.50 bits per heavy atom. The number of rotatable bonds is 5. The van der Waals surface area contributed by atoms with E-state index >= 15 is 0 Å². The first-order valence-corrected chi connectivity index (χ1v) is 7.55. The average Bonchev–Trinajstić information content (AvgIpc) is 2.83. The van der Waals surface area contributed by atoms with Crippen molar-refractivity contribution in [2.75, 3.05) is 18.8 Å². The summed E-state index contributed by atoms with van der Waals surface area (Å²) in [6.45, 7) is 1.11. The number of carbonyl (C=O) groups is 1. The number of nitrogens with two attached hydrogens (primary N) is 1. The van der Waals surface area contributed by atoms with E-state index in [0.717, 1.165) is 12.0 Å². The number of aromatic amines is 1. The van der Waals surface area contributed by atoms with E-state index in [1.165, 1.54) is 0 Å². The molecule has 18 heavy (non-hydrogen) atoms. The van der Waals surface area contributed by atoms with Crippen LogP contribution in [0.2, 0.25) is 0 Å². The fraction of sp³-hybridized carbons (Fsp3) is 0.545. The number of hydrogen-bond donors (Lipinski definition) is 2. The third kappa shape index (κ3) is 3.58. The van der Waals surface area contributed by atoms with E-state index in [-0.39, 0.29) is 24.0 Å². The lowest BCUT2D eigenvalue weighted by atomic mass is 10.1. The molecule has 0 aliphatic carbocycles. The molecule has 1 aliphatic heterocycles. The van der Waals surface area contributed by atoms with Crippen molar-refractivity contribution < 1.29 is 13.2 Å². The molecule has 3 N–H and O–H groups in total. The molecule has 1 aromatic rings. The fourth-order valence-corrected chi connectivity index (χ4v) is 3.17.